The van der Waals surface area contributed by atoms with Gasteiger partial charge in [-0.2, -0.15) is 0 Å². The van der Waals surface area contributed by atoms with Crippen molar-refractivity contribution in [3.05, 3.63) is 36.3 Å². The topological polar surface area (TPSA) is 168 Å². The molecule has 43 heavy (non-hydrogen) atoms. The van der Waals surface area contributed by atoms with E-state index in [1.54, 1.807) is 33.8 Å². The number of furan rings is 1. The van der Waals surface area contributed by atoms with Gasteiger partial charge in [0.05, 0.1) is 32.2 Å². The molecule has 2 bridgehead atoms. The Morgan fingerprint density at radius 2 is 1.77 bits per heavy atom. The monoisotopic (exact) mass is 604 g/mol. The molecule has 0 radical (unpaired) electrons. The van der Waals surface area contributed by atoms with E-state index in [-0.39, 0.29) is 24.8 Å². The Bertz CT molecular complexity index is 1350. The molecule has 0 aromatic carbocycles. The smallest absolute Gasteiger partial charge is 0.309 e. The lowest BCUT2D eigenvalue weighted by Gasteiger charge is -2.75. The predicted octanol–water partition coefficient (Wildman–Crippen LogP) is 2.55. The van der Waals surface area contributed by atoms with E-state index in [4.69, 9.17) is 28.1 Å². The Labute approximate surface area is 249 Å². The highest BCUT2D eigenvalue weighted by atomic mass is 16.6. The largest absolute Gasteiger partial charge is 0.472 e. The molecule has 5 rings (SSSR count). The van der Waals surface area contributed by atoms with Crippen LogP contribution in [-0.4, -0.2) is 76.8 Å². The molecule has 2 aliphatic carbocycles. The van der Waals surface area contributed by atoms with Crippen LogP contribution in [0.5, 0.6) is 0 Å². The van der Waals surface area contributed by atoms with Crippen LogP contribution in [0.3, 0.4) is 0 Å². The standard InChI is InChI=1S/C31H40O12/c1-15-30-13-22(36)42-24(18-9-10-39-14-18)28(30,6)12-20(34)31(15,37)29(7)19(11-21(35)38-8)27(4,5)25(41-17(3)33)23(26(29)43-30)40-16(2)32/h9-10,14,19-20,23-26,34,37H,1,11-13H2,2-8H3/t19-,20+,23-,24-,25+,26-,28-,29+,30-,31+/m0/s1. The Balaban J connectivity index is 1.80. The number of hydrogen-bond donors (Lipinski definition) is 2. The summed E-state index contributed by atoms with van der Waals surface area (Å²) in [6.45, 7) is 13.6. The number of rotatable bonds is 5. The van der Waals surface area contributed by atoms with E-state index < -0.39 is 87.8 Å². The molecule has 4 fully saturated rings. The zero-order valence-electron chi connectivity index (χ0n) is 25.5. The van der Waals surface area contributed by atoms with Crippen molar-refractivity contribution >= 4 is 23.9 Å². The average Bonchev–Trinajstić information content (AvgIpc) is 3.44. The van der Waals surface area contributed by atoms with Crippen molar-refractivity contribution in [3.8, 4) is 0 Å². The normalized spacial score (nSPS) is 43.0. The minimum atomic E-state index is -2.18. The van der Waals surface area contributed by atoms with Crippen LogP contribution in [-0.2, 0) is 42.9 Å². The lowest BCUT2D eigenvalue weighted by Crippen LogP contribution is -2.85. The van der Waals surface area contributed by atoms with Crippen LogP contribution in [0.2, 0.25) is 0 Å². The summed E-state index contributed by atoms with van der Waals surface area (Å²) in [5.41, 5.74) is -7.19. The Kier molecular flexibility index (Phi) is 7.18. The Morgan fingerprint density at radius 3 is 2.33 bits per heavy atom. The van der Waals surface area contributed by atoms with Gasteiger partial charge in [-0.15, -0.1) is 0 Å². The fourth-order valence-corrected chi connectivity index (χ4v) is 8.91. The summed E-state index contributed by atoms with van der Waals surface area (Å²) in [6.07, 6.45) is -4.10. The maximum Gasteiger partial charge on any atom is 0.309 e. The first-order chi connectivity index (χ1) is 19.9. The Morgan fingerprint density at radius 1 is 1.12 bits per heavy atom. The van der Waals surface area contributed by atoms with Crippen LogP contribution in [0.1, 0.15) is 72.5 Å². The number of carbonyl (C=O) groups is 4. The van der Waals surface area contributed by atoms with Crippen molar-refractivity contribution in [2.75, 3.05) is 7.11 Å². The molecule has 2 aliphatic heterocycles. The second-order valence-electron chi connectivity index (χ2n) is 13.4. The number of hydrogen-bond acceptors (Lipinski definition) is 12. The van der Waals surface area contributed by atoms with Crippen molar-refractivity contribution in [1.29, 1.82) is 0 Å². The third kappa shape index (κ3) is 3.98. The first-order valence-corrected chi connectivity index (χ1v) is 14.3. The third-order valence-electron chi connectivity index (χ3n) is 10.9. The van der Waals surface area contributed by atoms with Crippen molar-refractivity contribution in [1.82, 2.24) is 0 Å². The molecule has 4 aliphatic rings. The lowest BCUT2D eigenvalue weighted by molar-refractivity contribution is -0.383. The van der Waals surface area contributed by atoms with Crippen LogP contribution in [0.15, 0.2) is 35.2 Å². The first kappa shape index (κ1) is 31.2. The van der Waals surface area contributed by atoms with E-state index in [1.807, 2.05) is 0 Å². The lowest BCUT2D eigenvalue weighted by atomic mass is 9.38. The quantitative estimate of drug-likeness (QED) is 0.287. The number of ether oxygens (including phenoxy) is 5. The summed E-state index contributed by atoms with van der Waals surface area (Å²) < 4.78 is 34.8. The molecule has 12 nitrogen and oxygen atoms in total. The number of methoxy groups -OCH3 is 1. The average molecular weight is 605 g/mol. The minimum absolute atomic E-state index is 0.0447. The van der Waals surface area contributed by atoms with Gasteiger partial charge in [-0.1, -0.05) is 34.3 Å². The van der Waals surface area contributed by atoms with E-state index in [0.29, 0.717) is 5.56 Å². The molecule has 12 heteroatoms. The Hall–Kier alpha value is -3.22. The highest BCUT2D eigenvalue weighted by Crippen LogP contribution is 2.73. The van der Waals surface area contributed by atoms with Gasteiger partial charge in [0.1, 0.15) is 29.5 Å². The number of aliphatic hydroxyl groups is 2. The van der Waals surface area contributed by atoms with Gasteiger partial charge in [-0.25, -0.2) is 0 Å². The summed E-state index contributed by atoms with van der Waals surface area (Å²) >= 11 is 0. The fourth-order valence-electron chi connectivity index (χ4n) is 8.91. The SMILES string of the molecule is C=C1[C@@]23CC(=O)O[C@@H](c4ccoc4)[C@]2(C)C[C@@H](O)[C@@]1(O)[C@@]1(C)[C@@H](O3)[C@@H](OC(C)=O)[C@@H](OC(C)=O)C(C)(C)[C@@H]1CC(=O)OC. The van der Waals surface area contributed by atoms with E-state index >= 15 is 0 Å². The molecule has 2 saturated heterocycles. The van der Waals surface area contributed by atoms with Gasteiger partial charge in [0.15, 0.2) is 6.10 Å². The molecule has 2 N–H and O–H groups in total. The summed E-state index contributed by atoms with van der Waals surface area (Å²) in [7, 11) is 1.23. The molecule has 1 aromatic rings. The van der Waals surface area contributed by atoms with E-state index in [1.165, 1.54) is 33.5 Å². The molecule has 1 aromatic heterocycles. The molecule has 0 amide bonds. The predicted molar refractivity (Wildman–Crippen MR) is 146 cm³/mol. The van der Waals surface area contributed by atoms with Crippen molar-refractivity contribution < 1.29 is 57.5 Å². The summed E-state index contributed by atoms with van der Waals surface area (Å²) in [5.74, 6) is -3.52. The van der Waals surface area contributed by atoms with Crippen LogP contribution in [0, 0.1) is 22.2 Å². The van der Waals surface area contributed by atoms with Gasteiger partial charge in [0, 0.05) is 42.1 Å². The zero-order chi connectivity index (χ0) is 31.9. The molecule has 3 heterocycles. The third-order valence-corrected chi connectivity index (χ3v) is 10.9. The number of carbonyl (C=O) groups excluding carboxylic acids is 4. The highest BCUT2D eigenvalue weighted by Gasteiger charge is 2.82. The number of cyclic esters (lactones) is 1. The van der Waals surface area contributed by atoms with Crippen LogP contribution in [0.25, 0.3) is 0 Å². The molecule has 236 valence electrons. The maximum atomic E-state index is 13.3. The van der Waals surface area contributed by atoms with E-state index in [9.17, 15) is 29.4 Å². The van der Waals surface area contributed by atoms with Gasteiger partial charge in [0.25, 0.3) is 0 Å². The summed E-state index contributed by atoms with van der Waals surface area (Å²) in [6, 6.07) is 1.64. The van der Waals surface area contributed by atoms with Crippen LogP contribution in [0.4, 0.5) is 0 Å². The second kappa shape index (κ2) is 9.90. The van der Waals surface area contributed by atoms with Gasteiger partial charge in [0.2, 0.25) is 0 Å². The minimum Gasteiger partial charge on any atom is -0.472 e. The molecular weight excluding hydrogens is 564 g/mol. The van der Waals surface area contributed by atoms with Crippen molar-refractivity contribution in [2.24, 2.45) is 22.2 Å². The fraction of sp³-hybridized carbons (Fsp3) is 0.677. The first-order valence-electron chi connectivity index (χ1n) is 14.3. The zero-order valence-corrected chi connectivity index (χ0v) is 25.5. The number of esters is 4. The highest BCUT2D eigenvalue weighted by molar-refractivity contribution is 5.75. The van der Waals surface area contributed by atoms with E-state index in [0.717, 1.165) is 0 Å². The van der Waals surface area contributed by atoms with Crippen LogP contribution >= 0.6 is 0 Å². The number of fused-ring (bicyclic) bond motifs is 3. The van der Waals surface area contributed by atoms with Gasteiger partial charge >= 0.3 is 23.9 Å². The summed E-state index contributed by atoms with van der Waals surface area (Å²) in [4.78, 5) is 51.3. The molecular formula is C31H40O12. The molecule has 2 saturated carbocycles. The second-order valence-corrected chi connectivity index (χ2v) is 13.4. The molecule has 0 unspecified atom stereocenters. The van der Waals surface area contributed by atoms with Crippen LogP contribution < -0.4 is 0 Å². The molecule has 10 atom stereocenters. The van der Waals surface area contributed by atoms with Gasteiger partial charge < -0.3 is 38.3 Å². The summed E-state index contributed by atoms with van der Waals surface area (Å²) in [5, 5.41) is 25.0. The molecule has 1 spiro atoms. The van der Waals surface area contributed by atoms with Crippen molar-refractivity contribution in [2.45, 2.75) is 103 Å². The maximum absolute atomic E-state index is 13.3. The van der Waals surface area contributed by atoms with Gasteiger partial charge in [-0.3, -0.25) is 19.2 Å². The van der Waals surface area contributed by atoms with Gasteiger partial charge in [-0.05, 0) is 24.0 Å². The number of aliphatic hydroxyl groups excluding tert-OH is 1. The van der Waals surface area contributed by atoms with Crippen molar-refractivity contribution in [3.63, 3.8) is 0 Å². The van der Waals surface area contributed by atoms with E-state index in [2.05, 4.69) is 6.58 Å².